The Balaban J connectivity index is 0.00000420. The van der Waals surface area contributed by atoms with Crippen molar-refractivity contribution in [2.75, 3.05) is 55.4 Å². The first kappa shape index (κ1) is 35.8. The minimum absolute atomic E-state index is 0. The first-order chi connectivity index (χ1) is 24.7. The molecule has 0 atom stereocenters. The normalized spacial score (nSPS) is 18.4. The molecular weight excluding hydrogens is 683 g/mol. The quantitative estimate of drug-likeness (QED) is 0.223. The standard InChI is InChI=1S/C38H43N5O7S.CH4/c1-51(47,48)41-18-16-40(17-19-41)32-14-9-27(42-15-5-8-34(42)44)22-26(32)24-50-28-10-11-29-33(23-28)49-21-20-43-36(29)35(25-6-3-2-4-7-25)30-12-13-31(38(45)46)39-37(30)43;/h9-14,22-23,25H,2-8,15-21,24H2,1H3,(H,45,46);1H4. The van der Waals surface area contributed by atoms with E-state index in [1.807, 2.05) is 47.4 Å². The van der Waals surface area contributed by atoms with Crippen molar-refractivity contribution < 1.29 is 32.6 Å². The van der Waals surface area contributed by atoms with Gasteiger partial charge in [-0.1, -0.05) is 26.7 Å². The summed E-state index contributed by atoms with van der Waals surface area (Å²) < 4.78 is 40.8. The summed E-state index contributed by atoms with van der Waals surface area (Å²) in [4.78, 5) is 33.2. The number of nitrogens with zero attached hydrogens (tertiary/aromatic N) is 5. The molecule has 12 nitrogen and oxygen atoms in total. The Hall–Kier alpha value is -4.62. The molecule has 276 valence electrons. The zero-order valence-corrected chi connectivity index (χ0v) is 29.7. The van der Waals surface area contributed by atoms with Crippen LogP contribution < -0.4 is 19.3 Å². The summed E-state index contributed by atoms with van der Waals surface area (Å²) in [5.74, 6) is 0.760. The fourth-order valence-corrected chi connectivity index (χ4v) is 9.16. The number of carbonyl (C=O) groups is 2. The van der Waals surface area contributed by atoms with E-state index in [0.29, 0.717) is 75.4 Å². The third kappa shape index (κ3) is 6.71. The van der Waals surface area contributed by atoms with Gasteiger partial charge in [-0.2, -0.15) is 4.31 Å². The molecule has 2 aromatic carbocycles. The highest BCUT2D eigenvalue weighted by Crippen LogP contribution is 2.47. The molecule has 13 heteroatoms. The summed E-state index contributed by atoms with van der Waals surface area (Å²) in [6.45, 7) is 3.76. The second kappa shape index (κ2) is 14.4. The van der Waals surface area contributed by atoms with E-state index in [1.165, 1.54) is 22.5 Å². The van der Waals surface area contributed by atoms with Crippen molar-refractivity contribution in [3.63, 3.8) is 0 Å². The predicted octanol–water partition coefficient (Wildman–Crippen LogP) is 6.27. The number of aromatic nitrogens is 2. The molecule has 8 rings (SSSR count). The average molecular weight is 730 g/mol. The molecule has 0 spiro atoms. The molecule has 0 bridgehead atoms. The molecular formula is C39H47N5O7S. The number of aromatic carboxylic acids is 1. The van der Waals surface area contributed by atoms with E-state index in [9.17, 15) is 23.1 Å². The van der Waals surface area contributed by atoms with Gasteiger partial charge in [-0.15, -0.1) is 0 Å². The van der Waals surface area contributed by atoms with Gasteiger partial charge in [0.25, 0.3) is 0 Å². The Bertz CT molecular complexity index is 2120. The molecule has 4 aromatic rings. The van der Waals surface area contributed by atoms with Gasteiger partial charge in [0.05, 0.1) is 18.5 Å². The molecule has 2 saturated heterocycles. The van der Waals surface area contributed by atoms with Crippen LogP contribution in [0.1, 0.15) is 79.9 Å². The number of anilines is 2. The Morgan fingerprint density at radius 3 is 2.46 bits per heavy atom. The molecule has 4 aliphatic rings. The van der Waals surface area contributed by atoms with Gasteiger partial charge in [0, 0.05) is 73.1 Å². The van der Waals surface area contributed by atoms with Crippen molar-refractivity contribution in [1.82, 2.24) is 13.9 Å². The van der Waals surface area contributed by atoms with Crippen LogP contribution in [0.25, 0.3) is 22.3 Å². The topological polar surface area (TPSA) is 135 Å². The molecule has 52 heavy (non-hydrogen) atoms. The molecule has 3 fully saturated rings. The van der Waals surface area contributed by atoms with E-state index < -0.39 is 16.0 Å². The molecule has 1 N–H and O–H groups in total. The van der Waals surface area contributed by atoms with E-state index in [2.05, 4.69) is 14.5 Å². The average Bonchev–Trinajstić information content (AvgIpc) is 3.65. The summed E-state index contributed by atoms with van der Waals surface area (Å²) in [7, 11) is -3.27. The molecule has 1 aliphatic carbocycles. The van der Waals surface area contributed by atoms with Crippen molar-refractivity contribution in [2.45, 2.75) is 71.4 Å². The van der Waals surface area contributed by atoms with Gasteiger partial charge >= 0.3 is 5.97 Å². The van der Waals surface area contributed by atoms with Gasteiger partial charge in [0.15, 0.2) is 5.69 Å². The van der Waals surface area contributed by atoms with Crippen molar-refractivity contribution >= 4 is 44.3 Å². The fraction of sp³-hybridized carbons (Fsp3) is 0.462. The number of benzene rings is 2. The van der Waals surface area contributed by atoms with E-state index >= 15 is 0 Å². The number of sulfonamides is 1. The maximum Gasteiger partial charge on any atom is 0.354 e. The van der Waals surface area contributed by atoms with Crippen LogP contribution in [-0.2, 0) is 28.0 Å². The second-order valence-corrected chi connectivity index (χ2v) is 16.0. The minimum Gasteiger partial charge on any atom is -0.491 e. The maximum atomic E-state index is 12.6. The molecule has 0 unspecified atom stereocenters. The lowest BCUT2D eigenvalue weighted by Crippen LogP contribution is -2.48. The highest BCUT2D eigenvalue weighted by atomic mass is 32.2. The van der Waals surface area contributed by atoms with Crippen molar-refractivity contribution in [1.29, 1.82) is 0 Å². The number of piperazine rings is 1. The van der Waals surface area contributed by atoms with Crippen LogP contribution in [0, 0.1) is 0 Å². The van der Waals surface area contributed by atoms with E-state index in [1.54, 1.807) is 6.07 Å². The first-order valence-electron chi connectivity index (χ1n) is 18.0. The number of rotatable bonds is 8. The lowest BCUT2D eigenvalue weighted by atomic mass is 9.82. The van der Waals surface area contributed by atoms with Gasteiger partial charge in [-0.25, -0.2) is 18.2 Å². The number of hydrogen-bond acceptors (Lipinski definition) is 8. The lowest BCUT2D eigenvalue weighted by Gasteiger charge is -2.36. The SMILES string of the molecule is C.CS(=O)(=O)N1CCN(c2ccc(N3CCCC3=O)cc2COc2ccc3c(c2)OCCn2c-3c(C3CCCCC3)c3ccc(C(=O)O)nc32)CC1. The predicted molar refractivity (Wildman–Crippen MR) is 201 cm³/mol. The number of fused-ring (bicyclic) bond motifs is 5. The van der Waals surface area contributed by atoms with E-state index in [0.717, 1.165) is 65.7 Å². The second-order valence-electron chi connectivity index (χ2n) is 14.0. The number of carboxylic acid groups (broad SMARTS) is 1. The van der Waals surface area contributed by atoms with Crippen molar-refractivity contribution in [2.24, 2.45) is 0 Å². The van der Waals surface area contributed by atoms with Gasteiger partial charge < -0.3 is 28.9 Å². The highest BCUT2D eigenvalue weighted by molar-refractivity contribution is 7.88. The Morgan fingerprint density at radius 2 is 1.75 bits per heavy atom. The van der Waals surface area contributed by atoms with E-state index in [-0.39, 0.29) is 25.6 Å². The minimum atomic E-state index is -3.27. The number of carbonyl (C=O) groups excluding carboxylic acids is 1. The third-order valence-corrected chi connectivity index (χ3v) is 12.2. The number of pyridine rings is 1. The van der Waals surface area contributed by atoms with Crippen LogP contribution in [0.4, 0.5) is 11.4 Å². The maximum absolute atomic E-state index is 12.6. The summed E-state index contributed by atoms with van der Waals surface area (Å²) in [6, 6.07) is 15.5. The van der Waals surface area contributed by atoms with Crippen LogP contribution in [0.5, 0.6) is 11.5 Å². The van der Waals surface area contributed by atoms with Gasteiger partial charge in [0.1, 0.15) is 30.4 Å². The highest BCUT2D eigenvalue weighted by Gasteiger charge is 2.31. The summed E-state index contributed by atoms with van der Waals surface area (Å²) in [6.07, 6.45) is 8.32. The van der Waals surface area contributed by atoms with Crippen LogP contribution in [0.2, 0.25) is 0 Å². The van der Waals surface area contributed by atoms with Gasteiger partial charge in [-0.3, -0.25) is 4.79 Å². The lowest BCUT2D eigenvalue weighted by molar-refractivity contribution is -0.117. The van der Waals surface area contributed by atoms with Crippen molar-refractivity contribution in [3.8, 4) is 22.8 Å². The molecule has 0 radical (unpaired) electrons. The third-order valence-electron chi connectivity index (χ3n) is 10.9. The number of ether oxygens (including phenoxy) is 2. The fourth-order valence-electron chi connectivity index (χ4n) is 8.34. The van der Waals surface area contributed by atoms with Gasteiger partial charge in [-0.05, 0) is 73.2 Å². The summed E-state index contributed by atoms with van der Waals surface area (Å²) in [5, 5.41) is 10.7. The van der Waals surface area contributed by atoms with Crippen LogP contribution >= 0.6 is 0 Å². The van der Waals surface area contributed by atoms with Crippen molar-refractivity contribution in [3.05, 3.63) is 65.4 Å². The zero-order valence-electron chi connectivity index (χ0n) is 28.8. The molecule has 1 amide bonds. The van der Waals surface area contributed by atoms with E-state index in [4.69, 9.17) is 9.47 Å². The molecule has 1 saturated carbocycles. The molecule has 2 aromatic heterocycles. The Kier molecular flexibility index (Phi) is 9.92. The number of amides is 1. The van der Waals surface area contributed by atoms with Crippen LogP contribution in [-0.4, -0.2) is 84.8 Å². The monoisotopic (exact) mass is 729 g/mol. The van der Waals surface area contributed by atoms with Gasteiger partial charge in [0.2, 0.25) is 15.9 Å². The molecule has 3 aliphatic heterocycles. The Labute approximate surface area is 305 Å². The number of carboxylic acids is 1. The Morgan fingerprint density at radius 1 is 0.962 bits per heavy atom. The van der Waals surface area contributed by atoms with Crippen LogP contribution in [0.15, 0.2) is 48.5 Å². The zero-order chi connectivity index (χ0) is 35.3. The summed E-state index contributed by atoms with van der Waals surface area (Å²) in [5.41, 5.74) is 6.63. The number of hydrogen-bond donors (Lipinski definition) is 1. The summed E-state index contributed by atoms with van der Waals surface area (Å²) >= 11 is 0. The first-order valence-corrected chi connectivity index (χ1v) is 19.8. The smallest absolute Gasteiger partial charge is 0.354 e. The largest absolute Gasteiger partial charge is 0.491 e. The molecule has 5 heterocycles. The van der Waals surface area contributed by atoms with Crippen LogP contribution in [0.3, 0.4) is 0 Å².